The first-order chi connectivity index (χ1) is 13.9. The van der Waals surface area contributed by atoms with E-state index in [-0.39, 0.29) is 17.9 Å². The molecule has 1 atom stereocenters. The third kappa shape index (κ3) is 3.26. The molecule has 154 valence electrons. The zero-order valence-electron chi connectivity index (χ0n) is 16.9. The van der Waals surface area contributed by atoms with Crippen molar-refractivity contribution in [2.24, 2.45) is 11.3 Å². The van der Waals surface area contributed by atoms with Crippen LogP contribution in [0.2, 0.25) is 0 Å². The Hall–Kier alpha value is -2.57. The van der Waals surface area contributed by atoms with Gasteiger partial charge in [-0.25, -0.2) is 14.5 Å². The lowest BCUT2D eigenvalue weighted by molar-refractivity contribution is -0.122. The normalized spacial score (nSPS) is 28.3. The monoisotopic (exact) mass is 396 g/mol. The quantitative estimate of drug-likeness (QED) is 0.764. The Kier molecular flexibility index (Phi) is 4.12. The van der Waals surface area contributed by atoms with Gasteiger partial charge < -0.3 is 15.5 Å². The number of nitrogens with one attached hydrogen (secondary N) is 2. The first kappa shape index (κ1) is 18.5. The number of carbonyl (C=O) groups excluding carboxylic acids is 3. The molecule has 5 amide bonds. The topological polar surface area (TPSA) is 81.8 Å². The molecule has 4 aliphatic rings. The predicted octanol–water partition coefficient (Wildman–Crippen LogP) is 3.71. The molecule has 0 bridgehead atoms. The molecule has 2 heterocycles. The van der Waals surface area contributed by atoms with Crippen molar-refractivity contribution < 1.29 is 14.4 Å². The molecule has 2 N–H and O–H groups in total. The SMILES string of the molecule is CC1(C2CC2)NC(=O)N(c2cccc(NC(=O)N3CCCC4(CC3)CC4)c2)C1=O. The molecule has 5 rings (SSSR count). The van der Waals surface area contributed by atoms with Gasteiger partial charge in [-0.2, -0.15) is 0 Å². The summed E-state index contributed by atoms with van der Waals surface area (Å²) in [5, 5.41) is 5.82. The number of anilines is 2. The van der Waals surface area contributed by atoms with Gasteiger partial charge in [-0.3, -0.25) is 4.79 Å². The molecular formula is C22H28N4O3. The van der Waals surface area contributed by atoms with Crippen molar-refractivity contribution in [3.05, 3.63) is 24.3 Å². The van der Waals surface area contributed by atoms with E-state index in [4.69, 9.17) is 0 Å². The number of nitrogens with zero attached hydrogens (tertiary/aromatic N) is 2. The standard InChI is InChI=1S/C22H28N4O3/c1-21(15-6-7-15)18(27)26(20(29)24-21)17-5-2-4-16(14-17)23-19(28)25-12-3-8-22(9-10-22)11-13-25/h2,4-5,14-15H,3,6-13H2,1H3,(H,23,28)(H,24,29). The maximum Gasteiger partial charge on any atom is 0.329 e. The Balaban J connectivity index is 1.29. The minimum absolute atomic E-state index is 0.111. The molecule has 2 saturated carbocycles. The molecule has 0 radical (unpaired) electrons. The molecule has 1 aromatic carbocycles. The van der Waals surface area contributed by atoms with Gasteiger partial charge >= 0.3 is 12.1 Å². The van der Waals surface area contributed by atoms with Crippen molar-refractivity contribution in [3.63, 3.8) is 0 Å². The summed E-state index contributed by atoms with van der Waals surface area (Å²) < 4.78 is 0. The Labute approximate surface area is 170 Å². The number of amides is 5. The Morgan fingerprint density at radius 1 is 1.14 bits per heavy atom. The first-order valence-corrected chi connectivity index (χ1v) is 10.7. The number of carbonyl (C=O) groups is 3. The number of imide groups is 1. The molecule has 29 heavy (non-hydrogen) atoms. The summed E-state index contributed by atoms with van der Waals surface area (Å²) in [5.74, 6) is 0.000332. The highest BCUT2D eigenvalue weighted by atomic mass is 16.2. The van der Waals surface area contributed by atoms with E-state index in [1.165, 1.54) is 24.2 Å². The van der Waals surface area contributed by atoms with Crippen LogP contribution in [0.1, 0.15) is 51.9 Å². The molecule has 1 unspecified atom stereocenters. The van der Waals surface area contributed by atoms with Crippen LogP contribution in [0.3, 0.4) is 0 Å². The van der Waals surface area contributed by atoms with Gasteiger partial charge in [0, 0.05) is 18.8 Å². The van der Waals surface area contributed by atoms with Crippen molar-refractivity contribution in [3.8, 4) is 0 Å². The second kappa shape index (κ2) is 6.47. The number of rotatable bonds is 3. The van der Waals surface area contributed by atoms with Crippen LogP contribution in [0, 0.1) is 11.3 Å². The van der Waals surface area contributed by atoms with Crippen LogP contribution in [-0.4, -0.2) is 41.5 Å². The van der Waals surface area contributed by atoms with Gasteiger partial charge in [-0.15, -0.1) is 0 Å². The molecule has 4 fully saturated rings. The van der Waals surface area contributed by atoms with E-state index in [9.17, 15) is 14.4 Å². The van der Waals surface area contributed by atoms with Crippen LogP contribution in [0.25, 0.3) is 0 Å². The molecule has 2 saturated heterocycles. The summed E-state index contributed by atoms with van der Waals surface area (Å²) >= 11 is 0. The van der Waals surface area contributed by atoms with Crippen LogP contribution < -0.4 is 15.5 Å². The number of hydrogen-bond donors (Lipinski definition) is 2. The smallest absolute Gasteiger partial charge is 0.325 e. The first-order valence-electron chi connectivity index (χ1n) is 10.7. The minimum atomic E-state index is -0.818. The van der Waals surface area contributed by atoms with Gasteiger partial charge in [0.1, 0.15) is 5.54 Å². The van der Waals surface area contributed by atoms with E-state index in [0.29, 0.717) is 16.8 Å². The van der Waals surface area contributed by atoms with Gasteiger partial charge in [-0.05, 0) is 81.4 Å². The van der Waals surface area contributed by atoms with Crippen LogP contribution in [0.5, 0.6) is 0 Å². The lowest BCUT2D eigenvalue weighted by atomic mass is 9.96. The zero-order valence-corrected chi connectivity index (χ0v) is 16.9. The summed E-state index contributed by atoms with van der Waals surface area (Å²) in [6.45, 7) is 3.38. The van der Waals surface area contributed by atoms with Crippen molar-refractivity contribution in [2.45, 2.75) is 57.4 Å². The van der Waals surface area contributed by atoms with E-state index in [1.807, 2.05) is 11.8 Å². The predicted molar refractivity (Wildman–Crippen MR) is 110 cm³/mol. The van der Waals surface area contributed by atoms with Crippen molar-refractivity contribution in [1.29, 1.82) is 0 Å². The lowest BCUT2D eigenvalue weighted by Crippen LogP contribution is -2.46. The van der Waals surface area contributed by atoms with E-state index >= 15 is 0 Å². The summed E-state index contributed by atoms with van der Waals surface area (Å²) in [5.41, 5.74) is 0.773. The highest BCUT2D eigenvalue weighted by molar-refractivity contribution is 6.23. The Morgan fingerprint density at radius 2 is 1.93 bits per heavy atom. The second-order valence-corrected chi connectivity index (χ2v) is 9.37. The number of hydrogen-bond acceptors (Lipinski definition) is 3. The van der Waals surface area contributed by atoms with E-state index < -0.39 is 11.6 Å². The third-order valence-corrected chi connectivity index (χ3v) is 7.26. The molecule has 2 aliphatic heterocycles. The number of urea groups is 2. The van der Waals surface area contributed by atoms with E-state index in [0.717, 1.165) is 38.8 Å². The number of benzene rings is 1. The molecular weight excluding hydrogens is 368 g/mol. The van der Waals surface area contributed by atoms with Gasteiger partial charge in [0.15, 0.2) is 0 Å². The summed E-state index contributed by atoms with van der Waals surface area (Å²) in [6.07, 6.45) is 7.89. The van der Waals surface area contributed by atoms with Crippen LogP contribution in [0.4, 0.5) is 21.0 Å². The summed E-state index contributed by atoms with van der Waals surface area (Å²) in [6, 6.07) is 6.48. The highest BCUT2D eigenvalue weighted by Crippen LogP contribution is 2.53. The average molecular weight is 396 g/mol. The zero-order chi connectivity index (χ0) is 20.2. The van der Waals surface area contributed by atoms with Crippen LogP contribution in [-0.2, 0) is 4.79 Å². The maximum absolute atomic E-state index is 13.0. The van der Waals surface area contributed by atoms with E-state index in [2.05, 4.69) is 10.6 Å². The fourth-order valence-electron chi connectivity index (χ4n) is 4.89. The van der Waals surface area contributed by atoms with E-state index in [1.54, 1.807) is 24.3 Å². The molecule has 1 aromatic rings. The van der Waals surface area contributed by atoms with Gasteiger partial charge in [0.2, 0.25) is 0 Å². The lowest BCUT2D eigenvalue weighted by Gasteiger charge is -2.22. The van der Waals surface area contributed by atoms with Crippen LogP contribution >= 0.6 is 0 Å². The summed E-state index contributed by atoms with van der Waals surface area (Å²) in [7, 11) is 0. The highest BCUT2D eigenvalue weighted by Gasteiger charge is 2.56. The van der Waals surface area contributed by atoms with Crippen LogP contribution in [0.15, 0.2) is 24.3 Å². The van der Waals surface area contributed by atoms with Crippen molar-refractivity contribution in [2.75, 3.05) is 23.3 Å². The molecule has 0 aromatic heterocycles. The Morgan fingerprint density at radius 3 is 2.66 bits per heavy atom. The fraction of sp³-hybridized carbons (Fsp3) is 0.591. The fourth-order valence-corrected chi connectivity index (χ4v) is 4.89. The molecule has 7 heteroatoms. The molecule has 1 spiro atoms. The second-order valence-electron chi connectivity index (χ2n) is 9.37. The summed E-state index contributed by atoms with van der Waals surface area (Å²) in [4.78, 5) is 41.3. The average Bonchev–Trinajstić information content (AvgIpc) is 3.59. The number of likely N-dealkylation sites (tertiary alicyclic amines) is 1. The van der Waals surface area contributed by atoms with Gasteiger partial charge in [0.05, 0.1) is 5.69 Å². The molecule has 7 nitrogen and oxygen atoms in total. The largest absolute Gasteiger partial charge is 0.329 e. The van der Waals surface area contributed by atoms with Gasteiger partial charge in [-0.1, -0.05) is 6.07 Å². The van der Waals surface area contributed by atoms with Crippen molar-refractivity contribution in [1.82, 2.24) is 10.2 Å². The van der Waals surface area contributed by atoms with Crippen molar-refractivity contribution >= 4 is 29.3 Å². The molecule has 2 aliphatic carbocycles. The van der Waals surface area contributed by atoms with Gasteiger partial charge in [0.25, 0.3) is 5.91 Å². The third-order valence-electron chi connectivity index (χ3n) is 7.26. The Bertz CT molecular complexity index is 877. The minimum Gasteiger partial charge on any atom is -0.325 e. The maximum atomic E-state index is 13.0.